The second-order valence-electron chi connectivity index (χ2n) is 3.36. The number of nitrogens with zero attached hydrogens (tertiary/aromatic N) is 2. The zero-order chi connectivity index (χ0) is 10.6. The molecular formula is C10H16N2O2. The molecule has 0 aromatic carbocycles. The quantitative estimate of drug-likeness (QED) is 0.759. The molecule has 0 radical (unpaired) electrons. The maximum atomic E-state index is 11.2. The number of hydrogen-bond acceptors (Lipinski definition) is 3. The van der Waals surface area contributed by atoms with E-state index < -0.39 is 0 Å². The highest BCUT2D eigenvalue weighted by molar-refractivity contribution is 5.78. The number of imidazole rings is 1. The lowest BCUT2D eigenvalue weighted by Crippen LogP contribution is -2.09. The molecule has 0 unspecified atom stereocenters. The molecule has 0 amide bonds. The predicted molar refractivity (Wildman–Crippen MR) is 53.0 cm³/mol. The van der Waals surface area contributed by atoms with Crippen LogP contribution >= 0.6 is 0 Å². The highest BCUT2D eigenvalue weighted by Gasteiger charge is 2.05. The van der Waals surface area contributed by atoms with Gasteiger partial charge in [0.15, 0.2) is 0 Å². The molecule has 1 heterocycles. The summed E-state index contributed by atoms with van der Waals surface area (Å²) < 4.78 is 2.01. The summed E-state index contributed by atoms with van der Waals surface area (Å²) in [6.45, 7) is 4.50. The zero-order valence-corrected chi connectivity index (χ0v) is 8.66. The molecule has 1 N–H and O–H groups in total. The fourth-order valence-electron chi connectivity index (χ4n) is 1.41. The summed E-state index contributed by atoms with van der Waals surface area (Å²) in [7, 11) is 0. The maximum Gasteiger partial charge on any atom is 0.136 e. The summed E-state index contributed by atoms with van der Waals surface area (Å²) >= 11 is 0. The number of aromatic nitrogens is 2. The van der Waals surface area contributed by atoms with Crippen LogP contribution in [0.2, 0.25) is 0 Å². The van der Waals surface area contributed by atoms with Crippen molar-refractivity contribution in [1.29, 1.82) is 0 Å². The van der Waals surface area contributed by atoms with Gasteiger partial charge in [0.05, 0.1) is 0 Å². The SMILES string of the molecule is Cc1cnc(C)n1CCC(=O)CCO. The van der Waals surface area contributed by atoms with Crippen LogP contribution in [0.25, 0.3) is 0 Å². The van der Waals surface area contributed by atoms with Crippen LogP contribution in [0.15, 0.2) is 6.20 Å². The Hall–Kier alpha value is -1.16. The smallest absolute Gasteiger partial charge is 0.136 e. The maximum absolute atomic E-state index is 11.2. The average Bonchev–Trinajstić information content (AvgIpc) is 2.44. The second kappa shape index (κ2) is 4.91. The van der Waals surface area contributed by atoms with Crippen molar-refractivity contribution in [3.63, 3.8) is 0 Å². The molecule has 0 aliphatic heterocycles. The summed E-state index contributed by atoms with van der Waals surface area (Å²) in [6.07, 6.45) is 2.53. The van der Waals surface area contributed by atoms with Crippen molar-refractivity contribution in [3.8, 4) is 0 Å². The summed E-state index contributed by atoms with van der Waals surface area (Å²) in [6, 6.07) is 0. The first-order valence-electron chi connectivity index (χ1n) is 4.76. The summed E-state index contributed by atoms with van der Waals surface area (Å²) in [5.41, 5.74) is 1.07. The molecule has 0 atom stereocenters. The van der Waals surface area contributed by atoms with Crippen molar-refractivity contribution < 1.29 is 9.90 Å². The standard InChI is InChI=1S/C10H16N2O2/c1-8-7-11-9(2)12(8)5-3-10(14)4-6-13/h7,13H,3-6H2,1-2H3. The Kier molecular flexibility index (Phi) is 3.83. The number of Topliss-reactive ketones (excluding diaryl/α,β-unsaturated/α-hetero) is 1. The molecular weight excluding hydrogens is 180 g/mol. The van der Waals surface area contributed by atoms with E-state index in [1.807, 2.05) is 18.4 Å². The molecule has 0 aliphatic rings. The summed E-state index contributed by atoms with van der Waals surface area (Å²) in [5, 5.41) is 8.56. The Morgan fingerprint density at radius 3 is 2.71 bits per heavy atom. The molecule has 4 heteroatoms. The molecule has 4 nitrogen and oxygen atoms in total. The van der Waals surface area contributed by atoms with Gasteiger partial charge in [-0.1, -0.05) is 0 Å². The Morgan fingerprint density at radius 1 is 1.50 bits per heavy atom. The largest absolute Gasteiger partial charge is 0.396 e. The third-order valence-electron chi connectivity index (χ3n) is 2.26. The van der Waals surface area contributed by atoms with Crippen LogP contribution in [0, 0.1) is 13.8 Å². The number of rotatable bonds is 5. The van der Waals surface area contributed by atoms with Gasteiger partial charge in [-0.25, -0.2) is 4.98 Å². The molecule has 0 aliphatic carbocycles. The van der Waals surface area contributed by atoms with E-state index in [2.05, 4.69) is 4.98 Å². The first kappa shape index (κ1) is 10.9. The predicted octanol–water partition coefficient (Wildman–Crippen LogP) is 0.842. The van der Waals surface area contributed by atoms with Crippen molar-refractivity contribution in [2.45, 2.75) is 33.2 Å². The second-order valence-corrected chi connectivity index (χ2v) is 3.36. The normalized spacial score (nSPS) is 10.5. The van der Waals surface area contributed by atoms with Crippen LogP contribution in [-0.4, -0.2) is 27.0 Å². The fraction of sp³-hybridized carbons (Fsp3) is 0.600. The van der Waals surface area contributed by atoms with Crippen molar-refractivity contribution in [3.05, 3.63) is 17.7 Å². The van der Waals surface area contributed by atoms with E-state index in [1.54, 1.807) is 6.20 Å². The van der Waals surface area contributed by atoms with E-state index in [1.165, 1.54) is 0 Å². The number of carbonyl (C=O) groups excluding carboxylic acids is 1. The lowest BCUT2D eigenvalue weighted by atomic mass is 10.2. The summed E-state index contributed by atoms with van der Waals surface area (Å²) in [5.74, 6) is 1.03. The number of carbonyl (C=O) groups is 1. The van der Waals surface area contributed by atoms with Gasteiger partial charge in [-0.3, -0.25) is 4.79 Å². The van der Waals surface area contributed by atoms with E-state index in [0.717, 1.165) is 11.5 Å². The van der Waals surface area contributed by atoms with Crippen molar-refractivity contribution in [2.75, 3.05) is 6.61 Å². The molecule has 1 aromatic rings. The van der Waals surface area contributed by atoms with Crippen LogP contribution in [0.1, 0.15) is 24.4 Å². The highest BCUT2D eigenvalue weighted by Crippen LogP contribution is 2.04. The zero-order valence-electron chi connectivity index (χ0n) is 8.66. The topological polar surface area (TPSA) is 55.1 Å². The molecule has 1 aromatic heterocycles. The van der Waals surface area contributed by atoms with E-state index >= 15 is 0 Å². The minimum absolute atomic E-state index is 0.0548. The Balaban J connectivity index is 2.49. The van der Waals surface area contributed by atoms with Gasteiger partial charge in [-0.2, -0.15) is 0 Å². The lowest BCUT2D eigenvalue weighted by molar-refractivity contribution is -0.119. The van der Waals surface area contributed by atoms with E-state index in [9.17, 15) is 4.79 Å². The van der Waals surface area contributed by atoms with E-state index in [-0.39, 0.29) is 18.8 Å². The minimum Gasteiger partial charge on any atom is -0.396 e. The van der Waals surface area contributed by atoms with Crippen LogP contribution in [0.4, 0.5) is 0 Å². The average molecular weight is 196 g/mol. The van der Waals surface area contributed by atoms with Gasteiger partial charge in [-0.05, 0) is 13.8 Å². The van der Waals surface area contributed by atoms with E-state index in [0.29, 0.717) is 13.0 Å². The highest BCUT2D eigenvalue weighted by atomic mass is 16.3. The number of ketones is 1. The molecule has 0 saturated carbocycles. The van der Waals surface area contributed by atoms with Crippen LogP contribution < -0.4 is 0 Å². The molecule has 0 saturated heterocycles. The monoisotopic (exact) mass is 196 g/mol. The number of aliphatic hydroxyl groups excluding tert-OH is 1. The third kappa shape index (κ3) is 2.67. The van der Waals surface area contributed by atoms with E-state index in [4.69, 9.17) is 5.11 Å². The Bertz CT molecular complexity index is 298. The van der Waals surface area contributed by atoms with Crippen molar-refractivity contribution >= 4 is 5.78 Å². The van der Waals surface area contributed by atoms with Gasteiger partial charge in [-0.15, -0.1) is 0 Å². The first-order chi connectivity index (χ1) is 6.65. The third-order valence-corrected chi connectivity index (χ3v) is 2.26. The van der Waals surface area contributed by atoms with Gasteiger partial charge in [0.1, 0.15) is 11.6 Å². The van der Waals surface area contributed by atoms with Gasteiger partial charge >= 0.3 is 0 Å². The lowest BCUT2D eigenvalue weighted by Gasteiger charge is -2.06. The van der Waals surface area contributed by atoms with Gasteiger partial charge in [0.2, 0.25) is 0 Å². The van der Waals surface area contributed by atoms with Crippen molar-refractivity contribution in [1.82, 2.24) is 9.55 Å². The van der Waals surface area contributed by atoms with Crippen LogP contribution in [-0.2, 0) is 11.3 Å². The first-order valence-corrected chi connectivity index (χ1v) is 4.76. The number of aryl methyl sites for hydroxylation is 2. The van der Waals surface area contributed by atoms with Crippen molar-refractivity contribution in [2.24, 2.45) is 0 Å². The Morgan fingerprint density at radius 2 is 2.21 bits per heavy atom. The number of hydrogen-bond donors (Lipinski definition) is 1. The molecule has 78 valence electrons. The fourth-order valence-corrected chi connectivity index (χ4v) is 1.41. The summed E-state index contributed by atoms with van der Waals surface area (Å²) in [4.78, 5) is 15.3. The molecule has 0 fully saturated rings. The Labute approximate surface area is 83.6 Å². The minimum atomic E-state index is -0.0548. The van der Waals surface area contributed by atoms with Gasteiger partial charge in [0, 0.05) is 37.9 Å². The molecule has 0 bridgehead atoms. The van der Waals surface area contributed by atoms with Crippen LogP contribution in [0.5, 0.6) is 0 Å². The molecule has 1 rings (SSSR count). The van der Waals surface area contributed by atoms with Gasteiger partial charge < -0.3 is 9.67 Å². The van der Waals surface area contributed by atoms with Crippen LogP contribution in [0.3, 0.4) is 0 Å². The molecule has 0 spiro atoms. The number of aliphatic hydroxyl groups is 1. The van der Waals surface area contributed by atoms with Gasteiger partial charge in [0.25, 0.3) is 0 Å². The molecule has 14 heavy (non-hydrogen) atoms.